The first-order valence-corrected chi connectivity index (χ1v) is 12.2. The summed E-state index contributed by atoms with van der Waals surface area (Å²) in [6.45, 7) is 0. The van der Waals surface area contributed by atoms with Gasteiger partial charge in [0.25, 0.3) is 0 Å². The molecule has 2 aromatic heterocycles. The predicted molar refractivity (Wildman–Crippen MR) is 149 cm³/mol. The molecule has 0 radical (unpaired) electrons. The Kier molecular flexibility index (Phi) is 5.07. The number of nitrogens with zero attached hydrogens (tertiary/aromatic N) is 3. The number of para-hydroxylation sites is 1. The van der Waals surface area contributed by atoms with Crippen LogP contribution in [0.4, 0.5) is 0 Å². The molecule has 0 fully saturated rings. The molecule has 7 aromatic rings. The van der Waals surface area contributed by atoms with Crippen molar-refractivity contribution >= 4 is 21.9 Å². The Balaban J connectivity index is 1.41. The maximum Gasteiger partial charge on any atom is 0.164 e. The van der Waals surface area contributed by atoms with E-state index in [9.17, 15) is 0 Å². The van der Waals surface area contributed by atoms with E-state index >= 15 is 0 Å². The van der Waals surface area contributed by atoms with E-state index in [2.05, 4.69) is 36.4 Å². The molecule has 0 aliphatic carbocycles. The van der Waals surface area contributed by atoms with Gasteiger partial charge < -0.3 is 4.42 Å². The van der Waals surface area contributed by atoms with Gasteiger partial charge in [-0.25, -0.2) is 15.0 Å². The monoisotopic (exact) mass is 475 g/mol. The molecule has 174 valence electrons. The van der Waals surface area contributed by atoms with E-state index in [1.807, 2.05) is 91.0 Å². The van der Waals surface area contributed by atoms with Crippen molar-refractivity contribution in [2.24, 2.45) is 0 Å². The number of hydrogen-bond donors (Lipinski definition) is 0. The van der Waals surface area contributed by atoms with Crippen LogP contribution in [-0.4, -0.2) is 15.0 Å². The number of fused-ring (bicyclic) bond motifs is 3. The standard InChI is InChI=1S/C33H21N3O/c1-3-10-22(11-4-1)24-14-9-15-25(20-24)32-34-31(23-12-5-2-6-13-23)35-33(36-32)26-18-19-30-28(21-26)27-16-7-8-17-29(27)37-30/h1-21H. The highest BCUT2D eigenvalue weighted by atomic mass is 16.3. The van der Waals surface area contributed by atoms with Crippen LogP contribution in [0.25, 0.3) is 67.2 Å². The lowest BCUT2D eigenvalue weighted by Gasteiger charge is -2.10. The van der Waals surface area contributed by atoms with Gasteiger partial charge in [0.15, 0.2) is 17.5 Å². The van der Waals surface area contributed by atoms with Crippen molar-refractivity contribution in [1.29, 1.82) is 0 Å². The van der Waals surface area contributed by atoms with Gasteiger partial charge in [-0.2, -0.15) is 0 Å². The Morgan fingerprint density at radius 1 is 0.351 bits per heavy atom. The van der Waals surface area contributed by atoms with E-state index < -0.39 is 0 Å². The van der Waals surface area contributed by atoms with Crippen molar-refractivity contribution in [3.05, 3.63) is 127 Å². The SMILES string of the molecule is c1ccc(-c2cccc(-c3nc(-c4ccccc4)nc(-c4ccc5oc6ccccc6c5c4)n3)c2)cc1. The third kappa shape index (κ3) is 3.95. The third-order valence-corrected chi connectivity index (χ3v) is 6.53. The van der Waals surface area contributed by atoms with Crippen molar-refractivity contribution in [3.63, 3.8) is 0 Å². The molecule has 0 unspecified atom stereocenters. The molecule has 4 nitrogen and oxygen atoms in total. The second-order valence-corrected chi connectivity index (χ2v) is 8.93. The van der Waals surface area contributed by atoms with Crippen LogP contribution < -0.4 is 0 Å². The molecule has 7 rings (SSSR count). The van der Waals surface area contributed by atoms with Crippen LogP contribution in [0.1, 0.15) is 0 Å². The average molecular weight is 476 g/mol. The van der Waals surface area contributed by atoms with Gasteiger partial charge in [-0.15, -0.1) is 0 Å². The van der Waals surface area contributed by atoms with E-state index in [-0.39, 0.29) is 0 Å². The molecule has 2 heterocycles. The van der Waals surface area contributed by atoms with E-state index in [0.29, 0.717) is 17.5 Å². The molecule has 0 N–H and O–H groups in total. The first kappa shape index (κ1) is 21.2. The molecule has 37 heavy (non-hydrogen) atoms. The van der Waals surface area contributed by atoms with Crippen LogP contribution in [0.5, 0.6) is 0 Å². The Bertz CT molecular complexity index is 1880. The van der Waals surface area contributed by atoms with Gasteiger partial charge in [-0.3, -0.25) is 0 Å². The zero-order chi connectivity index (χ0) is 24.6. The number of benzene rings is 5. The van der Waals surface area contributed by atoms with E-state index in [0.717, 1.165) is 49.8 Å². The fourth-order valence-corrected chi connectivity index (χ4v) is 4.68. The molecule has 0 saturated carbocycles. The molecular weight excluding hydrogens is 454 g/mol. The van der Waals surface area contributed by atoms with Gasteiger partial charge in [0.2, 0.25) is 0 Å². The predicted octanol–water partition coefficient (Wildman–Crippen LogP) is 8.44. The van der Waals surface area contributed by atoms with Gasteiger partial charge in [0.05, 0.1) is 0 Å². The molecule has 0 atom stereocenters. The number of furan rings is 1. The minimum Gasteiger partial charge on any atom is -0.456 e. The summed E-state index contributed by atoms with van der Waals surface area (Å²) < 4.78 is 6.03. The molecule has 0 spiro atoms. The summed E-state index contributed by atoms with van der Waals surface area (Å²) >= 11 is 0. The van der Waals surface area contributed by atoms with Gasteiger partial charge in [0.1, 0.15) is 11.2 Å². The quantitative estimate of drug-likeness (QED) is 0.256. The first-order valence-electron chi connectivity index (χ1n) is 12.2. The van der Waals surface area contributed by atoms with Gasteiger partial charge in [0, 0.05) is 27.5 Å². The largest absolute Gasteiger partial charge is 0.456 e. The normalized spacial score (nSPS) is 11.2. The van der Waals surface area contributed by atoms with E-state index in [1.54, 1.807) is 0 Å². The Hall–Kier alpha value is -5.09. The molecule has 0 saturated heterocycles. The lowest BCUT2D eigenvalue weighted by atomic mass is 10.0. The number of hydrogen-bond acceptors (Lipinski definition) is 4. The summed E-state index contributed by atoms with van der Waals surface area (Å²) in [6.07, 6.45) is 0. The summed E-state index contributed by atoms with van der Waals surface area (Å²) in [7, 11) is 0. The smallest absolute Gasteiger partial charge is 0.164 e. The van der Waals surface area contributed by atoms with Gasteiger partial charge >= 0.3 is 0 Å². The van der Waals surface area contributed by atoms with Crippen LogP contribution in [0.2, 0.25) is 0 Å². The van der Waals surface area contributed by atoms with Crippen LogP contribution in [0.15, 0.2) is 132 Å². The Morgan fingerprint density at radius 2 is 0.892 bits per heavy atom. The Morgan fingerprint density at radius 3 is 1.65 bits per heavy atom. The molecule has 0 bridgehead atoms. The molecule has 5 aromatic carbocycles. The maximum absolute atomic E-state index is 6.03. The summed E-state index contributed by atoms with van der Waals surface area (Å²) in [4.78, 5) is 14.7. The summed E-state index contributed by atoms with van der Waals surface area (Å²) in [5.74, 6) is 1.91. The lowest BCUT2D eigenvalue weighted by Crippen LogP contribution is -2.00. The fraction of sp³-hybridized carbons (Fsp3) is 0. The summed E-state index contributed by atoms with van der Waals surface area (Å²) in [5.41, 5.74) is 6.79. The minimum atomic E-state index is 0.626. The molecule has 0 amide bonds. The highest BCUT2D eigenvalue weighted by Gasteiger charge is 2.15. The van der Waals surface area contributed by atoms with Crippen molar-refractivity contribution in [2.45, 2.75) is 0 Å². The van der Waals surface area contributed by atoms with E-state index in [1.165, 1.54) is 0 Å². The fourth-order valence-electron chi connectivity index (χ4n) is 4.68. The van der Waals surface area contributed by atoms with Crippen molar-refractivity contribution in [2.75, 3.05) is 0 Å². The highest BCUT2D eigenvalue weighted by molar-refractivity contribution is 6.06. The van der Waals surface area contributed by atoms with Gasteiger partial charge in [-0.1, -0.05) is 97.1 Å². The van der Waals surface area contributed by atoms with Gasteiger partial charge in [-0.05, 0) is 41.5 Å². The Labute approximate surface area is 213 Å². The van der Waals surface area contributed by atoms with Crippen molar-refractivity contribution in [1.82, 2.24) is 15.0 Å². The topological polar surface area (TPSA) is 51.8 Å². The van der Waals surface area contributed by atoms with Crippen LogP contribution in [0.3, 0.4) is 0 Å². The van der Waals surface area contributed by atoms with Crippen LogP contribution >= 0.6 is 0 Å². The van der Waals surface area contributed by atoms with Crippen LogP contribution in [-0.2, 0) is 0 Å². The minimum absolute atomic E-state index is 0.626. The molecule has 0 aliphatic rings. The first-order chi connectivity index (χ1) is 18.3. The molecular formula is C33H21N3O. The molecule has 0 aliphatic heterocycles. The van der Waals surface area contributed by atoms with Crippen LogP contribution in [0, 0.1) is 0 Å². The molecule has 4 heteroatoms. The third-order valence-electron chi connectivity index (χ3n) is 6.53. The number of aromatic nitrogens is 3. The maximum atomic E-state index is 6.03. The zero-order valence-electron chi connectivity index (χ0n) is 19.9. The highest BCUT2D eigenvalue weighted by Crippen LogP contribution is 2.33. The summed E-state index contributed by atoms with van der Waals surface area (Å²) in [5, 5.41) is 2.12. The number of rotatable bonds is 4. The summed E-state index contributed by atoms with van der Waals surface area (Å²) in [6, 6.07) is 42.9. The van der Waals surface area contributed by atoms with Crippen molar-refractivity contribution in [3.8, 4) is 45.3 Å². The van der Waals surface area contributed by atoms with E-state index in [4.69, 9.17) is 19.4 Å². The second kappa shape index (κ2) is 8.85. The lowest BCUT2D eigenvalue weighted by molar-refractivity contribution is 0.669. The zero-order valence-corrected chi connectivity index (χ0v) is 19.9. The second-order valence-electron chi connectivity index (χ2n) is 8.93. The average Bonchev–Trinajstić information content (AvgIpc) is 3.36. The van der Waals surface area contributed by atoms with Crippen molar-refractivity contribution < 1.29 is 4.42 Å².